The predicted molar refractivity (Wildman–Crippen MR) is 84.3 cm³/mol. The number of ether oxygens (including phenoxy) is 1. The molecule has 1 aliphatic rings. The molecule has 7 heteroatoms. The molecule has 1 aliphatic carbocycles. The first kappa shape index (κ1) is 17.5. The molecule has 0 amide bonds. The van der Waals surface area contributed by atoms with E-state index in [1.54, 1.807) is 49.4 Å². The normalized spacial score (nSPS) is 26.0. The Balaban J connectivity index is 2.81. The zero-order valence-corrected chi connectivity index (χ0v) is 13.4. The Hall–Kier alpha value is -3.81. The maximum Gasteiger partial charge on any atom is 0.329 e. The minimum Gasteiger partial charge on any atom is -0.465 e. The van der Waals surface area contributed by atoms with E-state index in [1.165, 1.54) is 0 Å². The first-order valence-electron chi connectivity index (χ1n) is 7.36. The number of carbonyl (C=O) groups is 1. The molecule has 122 valence electrons. The molecule has 2 rings (SSSR count). The van der Waals surface area contributed by atoms with Gasteiger partial charge in [-0.05, 0) is 12.5 Å². The SMILES string of the molecule is CCOC(=O)[C@@]1(C#N)[C@H](c2ccccc2)[C@@]1(C#N)C(N)=C(C#N)C#N. The number of hydrogen-bond acceptors (Lipinski definition) is 7. The Bertz CT molecular complexity index is 894. The van der Waals surface area contributed by atoms with Crippen LogP contribution in [0, 0.1) is 56.2 Å². The topological polar surface area (TPSA) is 147 Å². The highest BCUT2D eigenvalue weighted by Crippen LogP contribution is 2.76. The zero-order valence-electron chi connectivity index (χ0n) is 13.4. The molecule has 3 atom stereocenters. The van der Waals surface area contributed by atoms with Gasteiger partial charge < -0.3 is 10.5 Å². The molecule has 0 unspecified atom stereocenters. The van der Waals surface area contributed by atoms with Crippen LogP contribution in [-0.2, 0) is 9.53 Å². The van der Waals surface area contributed by atoms with Crippen molar-refractivity contribution in [1.29, 1.82) is 21.0 Å². The van der Waals surface area contributed by atoms with Crippen molar-refractivity contribution < 1.29 is 9.53 Å². The van der Waals surface area contributed by atoms with Gasteiger partial charge in [0, 0.05) is 5.92 Å². The van der Waals surface area contributed by atoms with E-state index in [9.17, 15) is 15.3 Å². The molecule has 2 N–H and O–H groups in total. The van der Waals surface area contributed by atoms with E-state index in [0.29, 0.717) is 5.56 Å². The summed E-state index contributed by atoms with van der Waals surface area (Å²) < 4.78 is 5.01. The van der Waals surface area contributed by atoms with Crippen LogP contribution in [-0.4, -0.2) is 12.6 Å². The second-order valence-electron chi connectivity index (χ2n) is 5.42. The van der Waals surface area contributed by atoms with Crippen LogP contribution in [0.15, 0.2) is 41.6 Å². The van der Waals surface area contributed by atoms with Crippen molar-refractivity contribution in [1.82, 2.24) is 0 Å². The van der Waals surface area contributed by atoms with Crippen molar-refractivity contribution in [3.05, 3.63) is 47.2 Å². The Morgan fingerprint density at radius 2 is 1.68 bits per heavy atom. The lowest BCUT2D eigenvalue weighted by atomic mass is 9.89. The number of nitrogens with two attached hydrogens (primary N) is 1. The summed E-state index contributed by atoms with van der Waals surface area (Å²) in [6, 6.07) is 15.5. The minimum atomic E-state index is -1.91. The Labute approximate surface area is 144 Å². The molecule has 0 heterocycles. The fourth-order valence-corrected chi connectivity index (χ4v) is 3.27. The summed E-state index contributed by atoms with van der Waals surface area (Å²) in [5, 5.41) is 37.8. The second kappa shape index (κ2) is 6.36. The third-order valence-corrected chi connectivity index (χ3v) is 4.41. The molecule has 0 aromatic heterocycles. The Morgan fingerprint density at radius 1 is 1.12 bits per heavy atom. The van der Waals surface area contributed by atoms with Crippen LogP contribution in [0.3, 0.4) is 0 Å². The first-order valence-corrected chi connectivity index (χ1v) is 7.36. The smallest absolute Gasteiger partial charge is 0.329 e. The van der Waals surface area contributed by atoms with Gasteiger partial charge in [-0.1, -0.05) is 30.3 Å². The van der Waals surface area contributed by atoms with Crippen molar-refractivity contribution >= 4 is 5.97 Å². The molecular weight excluding hydrogens is 318 g/mol. The molecule has 1 fully saturated rings. The number of esters is 1. The summed E-state index contributed by atoms with van der Waals surface area (Å²) in [5.74, 6) is -1.84. The summed E-state index contributed by atoms with van der Waals surface area (Å²) in [6.07, 6.45) is 0. The van der Waals surface area contributed by atoms with Gasteiger partial charge >= 0.3 is 5.97 Å². The highest BCUT2D eigenvalue weighted by atomic mass is 16.5. The van der Waals surface area contributed by atoms with Crippen molar-refractivity contribution in [2.45, 2.75) is 12.8 Å². The first-order chi connectivity index (χ1) is 12.0. The van der Waals surface area contributed by atoms with Crippen LogP contribution < -0.4 is 5.73 Å². The maximum absolute atomic E-state index is 12.6. The molecular formula is C18H13N5O2. The fraction of sp³-hybridized carbons (Fsp3) is 0.278. The van der Waals surface area contributed by atoms with Gasteiger partial charge in [0.2, 0.25) is 0 Å². The van der Waals surface area contributed by atoms with Gasteiger partial charge in [0.05, 0.1) is 24.4 Å². The molecule has 0 bridgehead atoms. The van der Waals surface area contributed by atoms with Gasteiger partial charge in [-0.15, -0.1) is 0 Å². The molecule has 25 heavy (non-hydrogen) atoms. The van der Waals surface area contributed by atoms with Gasteiger partial charge in [-0.2, -0.15) is 21.0 Å². The lowest BCUT2D eigenvalue weighted by Crippen LogP contribution is -2.28. The van der Waals surface area contributed by atoms with Crippen LogP contribution in [0.4, 0.5) is 0 Å². The molecule has 0 spiro atoms. The lowest BCUT2D eigenvalue weighted by Gasteiger charge is -2.13. The largest absolute Gasteiger partial charge is 0.465 e. The van der Waals surface area contributed by atoms with Gasteiger partial charge in [-0.25, -0.2) is 0 Å². The van der Waals surface area contributed by atoms with E-state index in [0.717, 1.165) is 0 Å². The number of carbonyl (C=O) groups excluding carboxylic acids is 1. The number of nitrogens with zero attached hydrogens (tertiary/aromatic N) is 4. The average Bonchev–Trinajstić information content (AvgIpc) is 3.28. The van der Waals surface area contributed by atoms with E-state index in [2.05, 4.69) is 0 Å². The summed E-state index contributed by atoms with van der Waals surface area (Å²) in [6.45, 7) is 1.59. The van der Waals surface area contributed by atoms with Crippen molar-refractivity contribution in [3.8, 4) is 24.3 Å². The van der Waals surface area contributed by atoms with Crippen molar-refractivity contribution in [2.24, 2.45) is 16.6 Å². The van der Waals surface area contributed by atoms with E-state index in [-0.39, 0.29) is 12.3 Å². The van der Waals surface area contributed by atoms with E-state index in [1.807, 2.05) is 12.1 Å². The summed E-state index contributed by atoms with van der Waals surface area (Å²) in [4.78, 5) is 12.6. The van der Waals surface area contributed by atoms with E-state index >= 15 is 0 Å². The van der Waals surface area contributed by atoms with Crippen molar-refractivity contribution in [2.75, 3.05) is 6.61 Å². The number of nitriles is 4. The molecule has 1 aromatic carbocycles. The van der Waals surface area contributed by atoms with E-state index < -0.39 is 28.3 Å². The standard InChI is InChI=1S/C18H13N5O2/c1-2-25-16(24)18(11-22)14(12-6-4-3-5-7-12)17(18,10-21)15(23)13(8-19)9-20/h3-7,14H,2,23H2,1H3/t14-,17+,18-/m1/s1. The van der Waals surface area contributed by atoms with Crippen molar-refractivity contribution in [3.63, 3.8) is 0 Å². The average molecular weight is 331 g/mol. The Kier molecular flexibility index (Phi) is 4.46. The predicted octanol–water partition coefficient (Wildman–Crippen LogP) is 1.63. The number of hydrogen-bond donors (Lipinski definition) is 1. The van der Waals surface area contributed by atoms with Gasteiger partial charge in [-0.3, -0.25) is 4.79 Å². The second-order valence-corrected chi connectivity index (χ2v) is 5.42. The molecule has 0 aliphatic heterocycles. The van der Waals surface area contributed by atoms with Crippen LogP contribution >= 0.6 is 0 Å². The monoisotopic (exact) mass is 331 g/mol. The van der Waals surface area contributed by atoms with Crippen LogP contribution in [0.25, 0.3) is 0 Å². The molecule has 1 aromatic rings. The van der Waals surface area contributed by atoms with Gasteiger partial charge in [0.1, 0.15) is 23.1 Å². The number of rotatable bonds is 4. The lowest BCUT2D eigenvalue weighted by molar-refractivity contribution is -0.148. The highest BCUT2D eigenvalue weighted by molar-refractivity contribution is 5.91. The number of benzene rings is 1. The van der Waals surface area contributed by atoms with Gasteiger partial charge in [0.25, 0.3) is 0 Å². The molecule has 1 saturated carbocycles. The zero-order chi connectivity index (χ0) is 18.7. The third kappa shape index (κ3) is 2.12. The fourth-order valence-electron chi connectivity index (χ4n) is 3.27. The minimum absolute atomic E-state index is 0.0122. The summed E-state index contributed by atoms with van der Waals surface area (Å²) in [5.41, 5.74) is 1.85. The molecule has 0 saturated heterocycles. The van der Waals surface area contributed by atoms with Gasteiger partial charge in [0.15, 0.2) is 5.41 Å². The van der Waals surface area contributed by atoms with Crippen LogP contribution in [0.5, 0.6) is 0 Å². The summed E-state index contributed by atoms with van der Waals surface area (Å²) in [7, 11) is 0. The molecule has 7 nitrogen and oxygen atoms in total. The number of allylic oxidation sites excluding steroid dienone is 2. The van der Waals surface area contributed by atoms with Crippen LogP contribution in [0.1, 0.15) is 18.4 Å². The molecule has 0 radical (unpaired) electrons. The maximum atomic E-state index is 12.6. The quantitative estimate of drug-likeness (QED) is 0.651. The van der Waals surface area contributed by atoms with Crippen LogP contribution in [0.2, 0.25) is 0 Å². The van der Waals surface area contributed by atoms with E-state index in [4.69, 9.17) is 21.0 Å². The Morgan fingerprint density at radius 3 is 2.12 bits per heavy atom. The summed E-state index contributed by atoms with van der Waals surface area (Å²) >= 11 is 0. The third-order valence-electron chi connectivity index (χ3n) is 4.41. The highest BCUT2D eigenvalue weighted by Gasteiger charge is 2.86.